The van der Waals surface area contributed by atoms with Gasteiger partial charge in [-0.3, -0.25) is 0 Å². The molecule has 9 rings (SSSR count). The average Bonchev–Trinajstić information content (AvgIpc) is 4.14. The zero-order valence-corrected chi connectivity index (χ0v) is 39.6. The van der Waals surface area contributed by atoms with E-state index in [0.29, 0.717) is 11.1 Å². The fourth-order valence-corrected chi connectivity index (χ4v) is 12.3. The van der Waals surface area contributed by atoms with Crippen LogP contribution in [0.5, 0.6) is 0 Å². The third-order valence-electron chi connectivity index (χ3n) is 9.24. The largest absolute Gasteiger partial charge is 2.00 e. The summed E-state index contributed by atoms with van der Waals surface area (Å²) in [4.78, 5) is 21.2. The molecule has 20 radical (unpaired) electrons. The molecular weight excluding hydrogens is 958 g/mol. The molecule has 5 aromatic carbocycles. The van der Waals surface area contributed by atoms with Crippen molar-refractivity contribution >= 4 is 42.7 Å². The zero-order valence-electron chi connectivity index (χ0n) is 34.8. The van der Waals surface area contributed by atoms with Gasteiger partial charge in [0.2, 0.25) is 0 Å². The molecule has 4 aliphatic carbocycles. The molecule has 0 spiro atoms. The van der Waals surface area contributed by atoms with Gasteiger partial charge in [-0.2, -0.15) is 0 Å². The SMILES string of the molecule is Cc1cc[c]([Sb]([c]2ccc(C)cc2)[c]2ccc(C)cc2)cc1.O=C(O)c1ccc([C]2[CH][CH][CH][CH]2)cc1.O=C(O)c1ccc([C]2[CH][CH][CH][CH]2)cc1.[CH]1[CH][CH][CH][CH]1.[CH]1[CH][CH][CH][CH]1.[Fe+2].[Fe+2]. The van der Waals surface area contributed by atoms with Crippen molar-refractivity contribution in [1.29, 1.82) is 0 Å². The molecule has 7 heteroatoms. The Morgan fingerprint density at radius 2 is 0.565 bits per heavy atom. The summed E-state index contributed by atoms with van der Waals surface area (Å²) in [6.45, 7) is 6.47. The van der Waals surface area contributed by atoms with Crippen molar-refractivity contribution in [3.05, 3.63) is 288 Å². The summed E-state index contributed by atoms with van der Waals surface area (Å²) in [6.07, 6.45) is 35.8. The summed E-state index contributed by atoms with van der Waals surface area (Å²) in [7, 11) is 0. The summed E-state index contributed by atoms with van der Waals surface area (Å²) in [5.74, 6) is 0.446. The molecule has 4 nitrogen and oxygen atoms in total. The Hall–Kier alpha value is -3.10. The molecule has 310 valence electrons. The van der Waals surface area contributed by atoms with Crippen LogP contribution in [-0.2, 0) is 34.1 Å². The number of hydrogen-bond acceptors (Lipinski definition) is 2. The van der Waals surface area contributed by atoms with Crippen molar-refractivity contribution in [2.75, 3.05) is 0 Å². The van der Waals surface area contributed by atoms with E-state index in [4.69, 9.17) is 10.2 Å². The molecule has 0 saturated heterocycles. The van der Waals surface area contributed by atoms with Crippen LogP contribution in [0.25, 0.3) is 0 Å². The number of aromatic carboxylic acids is 2. The summed E-state index contributed by atoms with van der Waals surface area (Å²) in [5.41, 5.74) is 6.71. The van der Waals surface area contributed by atoms with Crippen molar-refractivity contribution < 1.29 is 53.9 Å². The summed E-state index contributed by atoms with van der Waals surface area (Å²) < 4.78 is 4.59. The first kappa shape index (κ1) is 53.2. The number of carbonyl (C=O) groups is 2. The first-order valence-electron chi connectivity index (χ1n) is 19.6. The van der Waals surface area contributed by atoms with Gasteiger partial charge in [0.1, 0.15) is 0 Å². The van der Waals surface area contributed by atoms with Crippen LogP contribution in [0.4, 0.5) is 0 Å². The molecule has 0 unspecified atom stereocenters. The Morgan fingerprint density at radius 1 is 0.339 bits per heavy atom. The van der Waals surface area contributed by atoms with Crippen LogP contribution in [0.2, 0.25) is 0 Å². The fourth-order valence-electron chi connectivity index (χ4n) is 5.91. The maximum absolute atomic E-state index is 10.6. The van der Waals surface area contributed by atoms with E-state index in [2.05, 4.69) is 93.6 Å². The van der Waals surface area contributed by atoms with Crippen LogP contribution >= 0.6 is 0 Å². The van der Waals surface area contributed by atoms with Gasteiger partial charge < -0.3 is 10.2 Å². The van der Waals surface area contributed by atoms with E-state index in [9.17, 15) is 9.59 Å². The van der Waals surface area contributed by atoms with Gasteiger partial charge in [0, 0.05) is 11.8 Å². The summed E-state index contributed by atoms with van der Waals surface area (Å²) >= 11 is -1.90. The predicted octanol–water partition coefficient (Wildman–Crippen LogP) is 9.44. The van der Waals surface area contributed by atoms with Crippen molar-refractivity contribution in [3.8, 4) is 0 Å². The first-order chi connectivity index (χ1) is 29.2. The smallest absolute Gasteiger partial charge is 0.478 e. The van der Waals surface area contributed by atoms with Gasteiger partial charge in [-0.25, -0.2) is 9.59 Å². The minimum atomic E-state index is -1.90. The van der Waals surface area contributed by atoms with E-state index < -0.39 is 32.1 Å². The van der Waals surface area contributed by atoms with E-state index in [1.54, 1.807) is 24.3 Å². The van der Waals surface area contributed by atoms with Gasteiger partial charge in [-0.1, -0.05) is 24.3 Å². The Morgan fingerprint density at radius 3 is 0.774 bits per heavy atom. The quantitative estimate of drug-likeness (QED) is 0.160. The number of carboxylic acid groups (broad SMARTS) is 2. The van der Waals surface area contributed by atoms with Gasteiger partial charge in [-0.15, -0.1) is 0 Å². The third-order valence-corrected chi connectivity index (χ3v) is 16.2. The standard InChI is InChI=1S/2C12H9O2.3C7H7.2C5H5.2Fe.Sb/c2*13-12(14)11-7-5-10(6-8-11)9-3-1-2-4-9;3*1-7-5-3-2-4-6-7;2*1-2-4-5-3-1;;;/h2*1-8H,(H,13,14);3*3-6H,1H3;2*1-5H;;;/q;;;;;;;2*+2;. The minimum absolute atomic E-state index is 0. The maximum Gasteiger partial charge on any atom is 2.00 e. The zero-order chi connectivity index (χ0) is 42.5. The van der Waals surface area contributed by atoms with Gasteiger partial charge in [-0.05, 0) is 151 Å². The van der Waals surface area contributed by atoms with Gasteiger partial charge in [0.15, 0.2) is 0 Å². The second kappa shape index (κ2) is 29.4. The Bertz CT molecular complexity index is 1770. The molecule has 0 bridgehead atoms. The van der Waals surface area contributed by atoms with Gasteiger partial charge in [0.05, 0.1) is 11.1 Å². The van der Waals surface area contributed by atoms with Crippen molar-refractivity contribution in [1.82, 2.24) is 0 Å². The maximum atomic E-state index is 10.6. The summed E-state index contributed by atoms with van der Waals surface area (Å²) in [6, 6.07) is 41.2. The fraction of sp³-hybridized carbons (Fsp3) is 0.0545. The summed E-state index contributed by atoms with van der Waals surface area (Å²) in [5, 5.41) is 17.4. The molecule has 62 heavy (non-hydrogen) atoms. The predicted molar refractivity (Wildman–Crippen MR) is 247 cm³/mol. The van der Waals surface area contributed by atoms with E-state index in [-0.39, 0.29) is 34.1 Å². The van der Waals surface area contributed by atoms with Crippen LogP contribution < -0.4 is 10.5 Å². The molecule has 4 saturated carbocycles. The molecule has 5 aromatic rings. The van der Waals surface area contributed by atoms with Crippen molar-refractivity contribution in [2.45, 2.75) is 20.8 Å². The van der Waals surface area contributed by atoms with Crippen LogP contribution in [0.15, 0.2) is 121 Å². The monoisotopic (exact) mass is 1010 g/mol. The van der Waals surface area contributed by atoms with Gasteiger partial charge >= 0.3 is 187 Å². The van der Waals surface area contributed by atoms with Gasteiger partial charge in [0.25, 0.3) is 0 Å². The molecule has 4 aliphatic rings. The minimum Gasteiger partial charge on any atom is -0.478 e. The Labute approximate surface area is 402 Å². The second-order valence-corrected chi connectivity index (χ2v) is 20.2. The first-order valence-corrected chi connectivity index (χ1v) is 23.5. The average molecular weight is 1010 g/mol. The third kappa shape index (κ3) is 18.2. The molecule has 0 aliphatic heterocycles. The number of hydrogen-bond donors (Lipinski definition) is 2. The molecule has 0 aromatic heterocycles. The normalized spacial score (nSPS) is 15.5. The number of aryl methyl sites for hydroxylation is 3. The Kier molecular flexibility index (Phi) is 25.2. The van der Waals surface area contributed by atoms with Crippen LogP contribution in [-0.4, -0.2) is 42.4 Å². The number of carboxylic acids is 2. The molecule has 4 fully saturated rings. The molecule has 0 heterocycles. The molecule has 0 amide bonds. The molecule has 0 atom stereocenters. The van der Waals surface area contributed by atoms with Crippen molar-refractivity contribution in [3.63, 3.8) is 0 Å². The Balaban J connectivity index is 0.000000224. The van der Waals surface area contributed by atoms with E-state index in [1.807, 2.05) is 140 Å². The van der Waals surface area contributed by atoms with E-state index in [1.165, 1.54) is 27.2 Å². The molecular formula is C55H49Fe2O4Sb+4. The van der Waals surface area contributed by atoms with E-state index >= 15 is 0 Å². The van der Waals surface area contributed by atoms with E-state index in [0.717, 1.165) is 23.0 Å². The topological polar surface area (TPSA) is 74.6 Å². The van der Waals surface area contributed by atoms with Crippen LogP contribution in [0.3, 0.4) is 0 Å². The second-order valence-electron chi connectivity index (χ2n) is 13.9. The number of rotatable bonds is 7. The van der Waals surface area contributed by atoms with Crippen LogP contribution in [0, 0.1) is 148 Å². The molecule has 2 N–H and O–H groups in total. The van der Waals surface area contributed by atoms with Crippen molar-refractivity contribution in [2.24, 2.45) is 0 Å². The number of benzene rings is 5. The van der Waals surface area contributed by atoms with Crippen LogP contribution in [0.1, 0.15) is 48.5 Å².